The van der Waals surface area contributed by atoms with Gasteiger partial charge in [0.15, 0.2) is 0 Å². The van der Waals surface area contributed by atoms with Gasteiger partial charge in [0.1, 0.15) is 0 Å². The number of nitrogens with one attached hydrogen (secondary N) is 1. The summed E-state index contributed by atoms with van der Waals surface area (Å²) in [6.07, 6.45) is 4.83. The topological polar surface area (TPSA) is 32.3 Å². The zero-order chi connectivity index (χ0) is 11.2. The molecule has 2 N–H and O–H groups in total. The van der Waals surface area contributed by atoms with Gasteiger partial charge in [0.05, 0.1) is 6.61 Å². The molecule has 1 aromatic carbocycles. The summed E-state index contributed by atoms with van der Waals surface area (Å²) in [6.45, 7) is 1.31. The van der Waals surface area contributed by atoms with Gasteiger partial charge >= 0.3 is 0 Å². The predicted molar refractivity (Wildman–Crippen MR) is 66.4 cm³/mol. The largest absolute Gasteiger partial charge is 0.395 e. The summed E-state index contributed by atoms with van der Waals surface area (Å²) in [5.41, 5.74) is 1.38. The van der Waals surface area contributed by atoms with Crippen LogP contribution in [0.25, 0.3) is 0 Å². The molecule has 1 heterocycles. The molecule has 1 fully saturated rings. The van der Waals surface area contributed by atoms with Gasteiger partial charge in [0, 0.05) is 6.04 Å². The van der Waals surface area contributed by atoms with Gasteiger partial charge in [-0.15, -0.1) is 0 Å². The highest BCUT2D eigenvalue weighted by molar-refractivity contribution is 5.15. The van der Waals surface area contributed by atoms with Crippen molar-refractivity contribution in [3.63, 3.8) is 0 Å². The van der Waals surface area contributed by atoms with E-state index in [9.17, 15) is 5.11 Å². The highest BCUT2D eigenvalue weighted by Crippen LogP contribution is 2.21. The lowest BCUT2D eigenvalue weighted by molar-refractivity contribution is 0.200. The molecule has 0 bridgehead atoms. The molecule has 1 saturated heterocycles. The van der Waals surface area contributed by atoms with E-state index in [4.69, 9.17) is 0 Å². The van der Waals surface area contributed by atoms with E-state index in [1.54, 1.807) is 0 Å². The van der Waals surface area contributed by atoms with E-state index in [1.807, 2.05) is 0 Å². The van der Waals surface area contributed by atoms with Crippen LogP contribution in [0.5, 0.6) is 0 Å². The lowest BCUT2D eigenvalue weighted by Gasteiger charge is -2.24. The maximum absolute atomic E-state index is 9.40. The maximum Gasteiger partial charge on any atom is 0.0587 e. The normalized spacial score (nSPS) is 26.3. The highest BCUT2D eigenvalue weighted by Gasteiger charge is 2.22. The van der Waals surface area contributed by atoms with Crippen LogP contribution in [0.2, 0.25) is 0 Å². The summed E-state index contributed by atoms with van der Waals surface area (Å²) in [5, 5.41) is 12.9. The minimum atomic E-state index is 0.261. The van der Waals surface area contributed by atoms with Gasteiger partial charge in [-0.2, -0.15) is 0 Å². The molecule has 0 amide bonds. The van der Waals surface area contributed by atoms with Gasteiger partial charge < -0.3 is 10.4 Å². The molecule has 0 aromatic heterocycles. The van der Waals surface area contributed by atoms with E-state index in [0.29, 0.717) is 5.92 Å². The van der Waals surface area contributed by atoms with E-state index in [1.165, 1.54) is 24.8 Å². The van der Waals surface area contributed by atoms with Crippen LogP contribution in [0.15, 0.2) is 30.3 Å². The molecule has 16 heavy (non-hydrogen) atoms. The fourth-order valence-corrected chi connectivity index (χ4v) is 2.56. The summed E-state index contributed by atoms with van der Waals surface area (Å²) in [6, 6.07) is 10.9. The van der Waals surface area contributed by atoms with Gasteiger partial charge in [0.25, 0.3) is 0 Å². The minimum Gasteiger partial charge on any atom is -0.395 e. The summed E-state index contributed by atoms with van der Waals surface area (Å²) >= 11 is 0. The first kappa shape index (κ1) is 11.6. The third kappa shape index (κ3) is 3.06. The number of aliphatic hydroxyl groups excluding tert-OH is 1. The molecule has 2 heteroatoms. The Morgan fingerprint density at radius 1 is 1.19 bits per heavy atom. The standard InChI is InChI=1S/C14H21NO/c16-11-14-13(8-4-5-9-15-14)10-12-6-2-1-3-7-12/h1-3,6-7,13-16H,4-5,8-11H2/t13-,14+/m0/s1. The number of hydrogen-bond donors (Lipinski definition) is 2. The van der Waals surface area contributed by atoms with Gasteiger partial charge in [-0.1, -0.05) is 36.8 Å². The summed E-state index contributed by atoms with van der Waals surface area (Å²) in [5.74, 6) is 0.579. The molecular weight excluding hydrogens is 198 g/mol. The summed E-state index contributed by atoms with van der Waals surface area (Å²) in [7, 11) is 0. The van der Waals surface area contributed by atoms with Crippen LogP contribution in [0.3, 0.4) is 0 Å². The van der Waals surface area contributed by atoms with Crippen molar-refractivity contribution in [3.8, 4) is 0 Å². The molecule has 0 aliphatic carbocycles. The number of rotatable bonds is 3. The Morgan fingerprint density at radius 3 is 2.75 bits per heavy atom. The summed E-state index contributed by atoms with van der Waals surface area (Å²) < 4.78 is 0. The van der Waals surface area contributed by atoms with Crippen LogP contribution >= 0.6 is 0 Å². The second-order valence-corrected chi connectivity index (χ2v) is 4.69. The Bertz CT molecular complexity index is 299. The van der Waals surface area contributed by atoms with Crippen molar-refractivity contribution in [2.45, 2.75) is 31.7 Å². The molecule has 0 unspecified atom stereocenters. The molecule has 0 saturated carbocycles. The van der Waals surface area contributed by atoms with Crippen molar-refractivity contribution in [1.29, 1.82) is 0 Å². The fourth-order valence-electron chi connectivity index (χ4n) is 2.56. The van der Waals surface area contributed by atoms with Gasteiger partial charge in [-0.25, -0.2) is 0 Å². The Hall–Kier alpha value is -0.860. The molecule has 2 nitrogen and oxygen atoms in total. The Labute approximate surface area is 97.7 Å². The smallest absolute Gasteiger partial charge is 0.0587 e. The van der Waals surface area contributed by atoms with E-state index in [2.05, 4.69) is 35.6 Å². The van der Waals surface area contributed by atoms with Crippen LogP contribution < -0.4 is 5.32 Å². The molecule has 1 aromatic rings. The molecule has 0 spiro atoms. The van der Waals surface area contributed by atoms with Crippen molar-refractivity contribution in [2.75, 3.05) is 13.2 Å². The van der Waals surface area contributed by atoms with E-state index >= 15 is 0 Å². The maximum atomic E-state index is 9.40. The van der Waals surface area contributed by atoms with Crippen molar-refractivity contribution in [1.82, 2.24) is 5.32 Å². The molecule has 2 rings (SSSR count). The molecule has 2 atom stereocenters. The van der Waals surface area contributed by atoms with Gasteiger partial charge in [0.2, 0.25) is 0 Å². The fraction of sp³-hybridized carbons (Fsp3) is 0.571. The molecule has 1 aliphatic rings. The first-order chi connectivity index (χ1) is 7.90. The highest BCUT2D eigenvalue weighted by atomic mass is 16.3. The van der Waals surface area contributed by atoms with Crippen LogP contribution in [-0.2, 0) is 6.42 Å². The number of hydrogen-bond acceptors (Lipinski definition) is 2. The van der Waals surface area contributed by atoms with Crippen LogP contribution in [0.4, 0.5) is 0 Å². The quantitative estimate of drug-likeness (QED) is 0.814. The van der Waals surface area contributed by atoms with Gasteiger partial charge in [-0.05, 0) is 37.3 Å². The SMILES string of the molecule is OC[C@H]1NCCCC[C@H]1Cc1ccccc1. The van der Waals surface area contributed by atoms with Crippen LogP contribution in [0.1, 0.15) is 24.8 Å². The first-order valence-electron chi connectivity index (χ1n) is 6.28. The van der Waals surface area contributed by atoms with Crippen molar-refractivity contribution < 1.29 is 5.11 Å². The second kappa shape index (κ2) is 6.02. The monoisotopic (exact) mass is 219 g/mol. The number of benzene rings is 1. The van der Waals surface area contributed by atoms with Crippen molar-refractivity contribution in [3.05, 3.63) is 35.9 Å². The third-order valence-electron chi connectivity index (χ3n) is 3.51. The Kier molecular flexibility index (Phi) is 4.37. The lowest BCUT2D eigenvalue weighted by atomic mass is 9.89. The van der Waals surface area contributed by atoms with Crippen LogP contribution in [-0.4, -0.2) is 24.3 Å². The second-order valence-electron chi connectivity index (χ2n) is 4.69. The minimum absolute atomic E-state index is 0.261. The molecule has 1 aliphatic heterocycles. The average Bonchev–Trinajstić information content (AvgIpc) is 2.55. The average molecular weight is 219 g/mol. The van der Waals surface area contributed by atoms with E-state index < -0.39 is 0 Å². The molecule has 88 valence electrons. The number of aliphatic hydroxyl groups is 1. The zero-order valence-corrected chi connectivity index (χ0v) is 9.73. The Balaban J connectivity index is 2.00. The van der Waals surface area contributed by atoms with Crippen molar-refractivity contribution >= 4 is 0 Å². The molecular formula is C14H21NO. The predicted octanol–water partition coefficient (Wildman–Crippen LogP) is 1.98. The third-order valence-corrected chi connectivity index (χ3v) is 3.51. The first-order valence-corrected chi connectivity index (χ1v) is 6.28. The Morgan fingerprint density at radius 2 is 2.00 bits per heavy atom. The van der Waals surface area contributed by atoms with Crippen molar-refractivity contribution in [2.24, 2.45) is 5.92 Å². The zero-order valence-electron chi connectivity index (χ0n) is 9.73. The van der Waals surface area contributed by atoms with E-state index in [-0.39, 0.29) is 12.6 Å². The van der Waals surface area contributed by atoms with Crippen LogP contribution in [0, 0.1) is 5.92 Å². The van der Waals surface area contributed by atoms with E-state index in [0.717, 1.165) is 13.0 Å². The summed E-state index contributed by atoms with van der Waals surface area (Å²) in [4.78, 5) is 0. The van der Waals surface area contributed by atoms with Gasteiger partial charge in [-0.3, -0.25) is 0 Å². The lowest BCUT2D eigenvalue weighted by Crippen LogP contribution is -2.38. The molecule has 0 radical (unpaired) electrons.